The van der Waals surface area contributed by atoms with Gasteiger partial charge in [0, 0.05) is 20.8 Å². The van der Waals surface area contributed by atoms with Crippen molar-refractivity contribution in [3.05, 3.63) is 22.3 Å². The molecule has 0 amide bonds. The lowest BCUT2D eigenvalue weighted by atomic mass is 10.00. The molecule has 0 aromatic carbocycles. The van der Waals surface area contributed by atoms with Crippen molar-refractivity contribution in [2.24, 2.45) is 5.92 Å². The molecule has 27 heavy (non-hydrogen) atoms. The number of alkyl halides is 3. The number of nitrogens with zero attached hydrogens (tertiary/aromatic N) is 3. The van der Waals surface area contributed by atoms with Crippen LogP contribution < -0.4 is 0 Å². The minimum absolute atomic E-state index is 0.694. The lowest BCUT2D eigenvalue weighted by molar-refractivity contribution is -0.0510. The molecule has 1 aliphatic carbocycles. The van der Waals surface area contributed by atoms with Gasteiger partial charge in [0.1, 0.15) is 0 Å². The molecule has 6 nitrogen and oxygen atoms in total. The molecule has 0 fully saturated rings. The van der Waals surface area contributed by atoms with Gasteiger partial charge in [0.15, 0.2) is 0 Å². The number of hydrogen-bond donors (Lipinski definition) is 1. The maximum atomic E-state index is 10.7. The number of hydrogen-bond acceptors (Lipinski definition) is 5. The highest BCUT2D eigenvalue weighted by molar-refractivity contribution is 7.86. The molecule has 0 saturated carbocycles. The van der Waals surface area contributed by atoms with Gasteiger partial charge in [-0.3, -0.25) is 4.55 Å². The van der Waals surface area contributed by atoms with Crippen molar-refractivity contribution >= 4 is 10.1 Å². The third kappa shape index (κ3) is 15.6. The van der Waals surface area contributed by atoms with Crippen LogP contribution >= 0.6 is 0 Å². The first-order valence-electron chi connectivity index (χ1n) is 7.36. The van der Waals surface area contributed by atoms with Crippen LogP contribution in [0.3, 0.4) is 0 Å². The minimum atomic E-state index is -5.84. The van der Waals surface area contributed by atoms with Crippen molar-refractivity contribution < 1.29 is 26.1 Å². The van der Waals surface area contributed by atoms with E-state index in [0.29, 0.717) is 5.92 Å². The van der Waals surface area contributed by atoms with Gasteiger partial charge in [0.25, 0.3) is 0 Å². The summed E-state index contributed by atoms with van der Waals surface area (Å²) >= 11 is 0. The molecule has 10 heteroatoms. The van der Waals surface area contributed by atoms with Gasteiger partial charge in [-0.15, -0.1) is 0 Å². The van der Waals surface area contributed by atoms with Gasteiger partial charge < -0.3 is 0 Å². The molecule has 0 radical (unpaired) electrons. The summed E-state index contributed by atoms with van der Waals surface area (Å²) in [6, 6.07) is 5.25. The van der Waals surface area contributed by atoms with Gasteiger partial charge in [-0.1, -0.05) is 18.1 Å². The summed E-state index contributed by atoms with van der Waals surface area (Å²) in [6.07, 6.45) is 0. The molecular formula is C17H26F3N3O3S. The third-order valence-corrected chi connectivity index (χ3v) is 3.92. The molecule has 1 rings (SSSR count). The molecule has 0 aromatic rings. The Morgan fingerprint density at radius 3 is 1.04 bits per heavy atom. The first-order valence-corrected chi connectivity index (χ1v) is 8.80. The fourth-order valence-corrected chi connectivity index (χ4v) is 1.57. The van der Waals surface area contributed by atoms with Crippen LogP contribution in [0.1, 0.15) is 55.4 Å². The Bertz CT molecular complexity index is 680. The van der Waals surface area contributed by atoms with Crippen molar-refractivity contribution in [2.75, 3.05) is 0 Å². The lowest BCUT2D eigenvalue weighted by Crippen LogP contribution is -2.21. The summed E-state index contributed by atoms with van der Waals surface area (Å²) in [5.74, 6) is 0.694. The van der Waals surface area contributed by atoms with E-state index in [-0.39, 0.29) is 0 Å². The normalized spacial score (nSPS) is 12.9. The first kappa shape index (κ1) is 32.3. The Labute approximate surface area is 160 Å². The molecule has 0 aliphatic heterocycles. The van der Waals surface area contributed by atoms with E-state index in [1.165, 1.54) is 31.9 Å². The predicted octanol–water partition coefficient (Wildman–Crippen LogP) is 5.29. The Hall–Kier alpha value is -2.35. The average Bonchev–Trinajstić information content (AvgIpc) is 2.66. The Balaban J connectivity index is -0.000000139. The SMILES string of the molecule is CC#N.CC#N.CC#N.CC1=C(C)C(C)C(C)=C1C.O=S(=O)(O)C(F)(F)F. The molecule has 0 atom stereocenters. The molecule has 154 valence electrons. The standard InChI is InChI=1S/C10H16.3C2H3N.CHF3O3S/c1-6-7(2)9(4)10(5)8(6)3;3*1-2-3;2-1(3,4)8(5,6)7/h6H,1-5H3;3*1H3;(H,5,6,7). The van der Waals surface area contributed by atoms with E-state index >= 15 is 0 Å². The monoisotopic (exact) mass is 409 g/mol. The highest BCUT2D eigenvalue weighted by atomic mass is 32.2. The second-order valence-electron chi connectivity index (χ2n) is 4.93. The van der Waals surface area contributed by atoms with E-state index in [0.717, 1.165) is 0 Å². The van der Waals surface area contributed by atoms with Gasteiger partial charge >= 0.3 is 15.6 Å². The van der Waals surface area contributed by atoms with Crippen molar-refractivity contribution in [3.63, 3.8) is 0 Å². The Morgan fingerprint density at radius 2 is 1.00 bits per heavy atom. The molecule has 0 bridgehead atoms. The highest BCUT2D eigenvalue weighted by Gasteiger charge is 2.44. The molecule has 0 spiro atoms. The van der Waals surface area contributed by atoms with Gasteiger partial charge in [-0.05, 0) is 44.8 Å². The smallest absolute Gasteiger partial charge is 0.279 e. The second-order valence-corrected chi connectivity index (χ2v) is 6.34. The van der Waals surface area contributed by atoms with Gasteiger partial charge in [-0.2, -0.15) is 37.4 Å². The summed E-state index contributed by atoms with van der Waals surface area (Å²) in [6.45, 7) is 15.5. The zero-order chi connectivity index (χ0) is 23.0. The summed E-state index contributed by atoms with van der Waals surface area (Å²) in [7, 11) is -5.84. The van der Waals surface area contributed by atoms with Crippen LogP contribution in [0.15, 0.2) is 22.3 Å². The van der Waals surface area contributed by atoms with Crippen LogP contribution in [0.5, 0.6) is 0 Å². The molecular weight excluding hydrogens is 383 g/mol. The Kier molecular flexibility index (Phi) is 19.0. The number of halogens is 3. The summed E-state index contributed by atoms with van der Waals surface area (Å²) in [5, 5.41) is 22.0. The van der Waals surface area contributed by atoms with Crippen molar-refractivity contribution in [1.82, 2.24) is 0 Å². The van der Waals surface area contributed by atoms with Crippen LogP contribution in [0.25, 0.3) is 0 Å². The Morgan fingerprint density at radius 1 is 0.852 bits per heavy atom. The van der Waals surface area contributed by atoms with Crippen LogP contribution in [0, 0.1) is 39.9 Å². The second kappa shape index (κ2) is 15.9. The molecule has 1 aliphatic rings. The third-order valence-electron chi connectivity index (χ3n) is 3.34. The van der Waals surface area contributed by atoms with Crippen LogP contribution in [-0.2, 0) is 10.1 Å². The molecule has 0 unspecified atom stereocenters. The maximum Gasteiger partial charge on any atom is 0.522 e. The number of allylic oxidation sites excluding steroid dienone is 4. The maximum absolute atomic E-state index is 10.7. The largest absolute Gasteiger partial charge is 0.522 e. The fraction of sp³-hybridized carbons (Fsp3) is 0.588. The van der Waals surface area contributed by atoms with E-state index in [1.54, 1.807) is 29.4 Å². The zero-order valence-electron chi connectivity index (χ0n) is 16.7. The number of rotatable bonds is 0. The van der Waals surface area contributed by atoms with Crippen molar-refractivity contribution in [2.45, 2.75) is 60.9 Å². The van der Waals surface area contributed by atoms with E-state index in [2.05, 4.69) is 34.6 Å². The van der Waals surface area contributed by atoms with Crippen LogP contribution in [0.2, 0.25) is 0 Å². The summed E-state index contributed by atoms with van der Waals surface area (Å²) < 4.78 is 57.5. The lowest BCUT2D eigenvalue weighted by Gasteiger charge is -2.05. The quantitative estimate of drug-likeness (QED) is 0.428. The van der Waals surface area contributed by atoms with Crippen LogP contribution in [0.4, 0.5) is 13.2 Å². The molecule has 0 aromatic heterocycles. The van der Waals surface area contributed by atoms with Gasteiger partial charge in [0.05, 0.1) is 18.2 Å². The summed E-state index contributed by atoms with van der Waals surface area (Å²) in [5.41, 5.74) is 0.576. The van der Waals surface area contributed by atoms with E-state index < -0.39 is 15.6 Å². The molecule has 0 saturated heterocycles. The van der Waals surface area contributed by atoms with Crippen molar-refractivity contribution in [3.8, 4) is 18.2 Å². The van der Waals surface area contributed by atoms with E-state index in [4.69, 9.17) is 28.8 Å². The van der Waals surface area contributed by atoms with Crippen molar-refractivity contribution in [1.29, 1.82) is 15.8 Å². The van der Waals surface area contributed by atoms with Gasteiger partial charge in [0.2, 0.25) is 0 Å². The van der Waals surface area contributed by atoms with Gasteiger partial charge in [-0.25, -0.2) is 0 Å². The summed E-state index contributed by atoms with van der Waals surface area (Å²) in [4.78, 5) is 0. The molecule has 1 N–H and O–H groups in total. The van der Waals surface area contributed by atoms with E-state index in [1.807, 2.05) is 0 Å². The van der Waals surface area contributed by atoms with E-state index in [9.17, 15) is 13.2 Å². The highest BCUT2D eigenvalue weighted by Crippen LogP contribution is 2.35. The molecule has 0 heterocycles. The predicted molar refractivity (Wildman–Crippen MR) is 97.4 cm³/mol. The van der Waals surface area contributed by atoms with Crippen LogP contribution in [-0.4, -0.2) is 18.5 Å². The average molecular weight is 409 g/mol. The zero-order valence-corrected chi connectivity index (χ0v) is 17.5. The first-order chi connectivity index (χ1) is 12.0. The fourth-order valence-electron chi connectivity index (χ4n) is 1.57. The topological polar surface area (TPSA) is 126 Å². The minimum Gasteiger partial charge on any atom is -0.279 e. The number of nitriles is 3.